The van der Waals surface area contributed by atoms with Gasteiger partial charge in [0.1, 0.15) is 0 Å². The molecule has 0 aromatic carbocycles. The van der Waals surface area contributed by atoms with E-state index in [-0.39, 0.29) is 0 Å². The Kier molecular flexibility index (Phi) is 5.30. The van der Waals surface area contributed by atoms with Crippen molar-refractivity contribution in [1.82, 2.24) is 0 Å². The highest BCUT2D eigenvalue weighted by Crippen LogP contribution is 2.08. The zero-order chi connectivity index (χ0) is 8.91. The smallest absolute Gasteiger partial charge is 0.0775 e. The number of halogens is 1. The average molecular weight is 237 g/mol. The third-order valence-corrected chi connectivity index (χ3v) is 3.19. The lowest BCUT2D eigenvalue weighted by Gasteiger charge is -2.14. The molecule has 0 atom stereocenters. The standard InChI is InChI=1S/C8H17BrOSi/c1-8(9)7-10-5-6-11(2,3)4/h1,5-7H2,2-4H3. The summed E-state index contributed by atoms with van der Waals surface area (Å²) in [5.74, 6) is 0. The highest BCUT2D eigenvalue weighted by atomic mass is 79.9. The second kappa shape index (κ2) is 5.12. The Morgan fingerprint density at radius 2 is 2.00 bits per heavy atom. The summed E-state index contributed by atoms with van der Waals surface area (Å²) < 4.78 is 6.28. The number of hydrogen-bond acceptors (Lipinski definition) is 1. The Morgan fingerprint density at radius 3 is 2.36 bits per heavy atom. The van der Waals surface area contributed by atoms with E-state index in [0.29, 0.717) is 6.61 Å². The fraction of sp³-hybridized carbons (Fsp3) is 0.750. The molecule has 0 N–H and O–H groups in total. The van der Waals surface area contributed by atoms with Crippen LogP contribution < -0.4 is 0 Å². The quantitative estimate of drug-likeness (QED) is 0.527. The van der Waals surface area contributed by atoms with E-state index in [9.17, 15) is 0 Å². The largest absolute Gasteiger partial charge is 0.377 e. The van der Waals surface area contributed by atoms with E-state index >= 15 is 0 Å². The Balaban J connectivity index is 3.22. The van der Waals surface area contributed by atoms with Crippen LogP contribution in [0.25, 0.3) is 0 Å². The van der Waals surface area contributed by atoms with Gasteiger partial charge >= 0.3 is 0 Å². The third-order valence-electron chi connectivity index (χ3n) is 1.26. The minimum atomic E-state index is -0.899. The van der Waals surface area contributed by atoms with Crippen molar-refractivity contribution in [2.24, 2.45) is 0 Å². The van der Waals surface area contributed by atoms with Gasteiger partial charge in [0.15, 0.2) is 0 Å². The van der Waals surface area contributed by atoms with Crippen molar-refractivity contribution in [3.63, 3.8) is 0 Å². The Bertz CT molecular complexity index is 129. The molecule has 0 unspecified atom stereocenters. The molecule has 0 aliphatic rings. The molecule has 3 heteroatoms. The van der Waals surface area contributed by atoms with Crippen LogP contribution in [0.4, 0.5) is 0 Å². The topological polar surface area (TPSA) is 9.23 Å². The van der Waals surface area contributed by atoms with Crippen molar-refractivity contribution < 1.29 is 4.74 Å². The summed E-state index contributed by atoms with van der Waals surface area (Å²) in [7, 11) is -0.899. The van der Waals surface area contributed by atoms with Crippen molar-refractivity contribution in [3.8, 4) is 0 Å². The molecule has 0 saturated carbocycles. The molecule has 0 fully saturated rings. The lowest BCUT2D eigenvalue weighted by Crippen LogP contribution is -2.21. The maximum Gasteiger partial charge on any atom is 0.0775 e. The van der Waals surface area contributed by atoms with Gasteiger partial charge in [-0.2, -0.15) is 0 Å². The SMILES string of the molecule is C=C(Br)COCC[Si](C)(C)C. The van der Waals surface area contributed by atoms with E-state index in [1.54, 1.807) is 0 Å². The van der Waals surface area contributed by atoms with Gasteiger partial charge in [-0.05, 0) is 6.04 Å². The normalized spacial score (nSPS) is 11.6. The van der Waals surface area contributed by atoms with Crippen LogP contribution in [0, 0.1) is 0 Å². The molecule has 0 aromatic rings. The molecule has 0 rings (SSSR count). The van der Waals surface area contributed by atoms with Gasteiger partial charge in [-0.25, -0.2) is 0 Å². The van der Waals surface area contributed by atoms with Crippen molar-refractivity contribution in [2.45, 2.75) is 25.7 Å². The van der Waals surface area contributed by atoms with Crippen LogP contribution in [0.15, 0.2) is 11.1 Å². The van der Waals surface area contributed by atoms with E-state index in [1.165, 1.54) is 6.04 Å². The molecule has 0 aliphatic heterocycles. The van der Waals surface area contributed by atoms with E-state index in [2.05, 4.69) is 42.1 Å². The van der Waals surface area contributed by atoms with Crippen LogP contribution >= 0.6 is 15.9 Å². The van der Waals surface area contributed by atoms with E-state index in [0.717, 1.165) is 11.1 Å². The van der Waals surface area contributed by atoms with Gasteiger partial charge in [0.25, 0.3) is 0 Å². The monoisotopic (exact) mass is 236 g/mol. The fourth-order valence-electron chi connectivity index (χ4n) is 0.561. The number of hydrogen-bond donors (Lipinski definition) is 0. The molecular weight excluding hydrogens is 220 g/mol. The molecule has 1 nitrogen and oxygen atoms in total. The molecule has 0 aromatic heterocycles. The average Bonchev–Trinajstić information content (AvgIpc) is 1.78. The van der Waals surface area contributed by atoms with Gasteiger partial charge in [0.05, 0.1) is 6.61 Å². The van der Waals surface area contributed by atoms with Crippen molar-refractivity contribution in [2.75, 3.05) is 13.2 Å². The first kappa shape index (κ1) is 11.4. The van der Waals surface area contributed by atoms with E-state index in [1.807, 2.05) is 0 Å². The first-order chi connectivity index (χ1) is 4.92. The van der Waals surface area contributed by atoms with Crippen LogP contribution in [0.3, 0.4) is 0 Å². The zero-order valence-corrected chi connectivity index (χ0v) is 10.2. The van der Waals surface area contributed by atoms with Gasteiger partial charge < -0.3 is 4.74 Å². The maximum absolute atomic E-state index is 5.36. The minimum Gasteiger partial charge on any atom is -0.377 e. The summed E-state index contributed by atoms with van der Waals surface area (Å²) in [5, 5.41) is 0. The second-order valence-electron chi connectivity index (χ2n) is 3.88. The first-order valence-electron chi connectivity index (χ1n) is 3.83. The molecule has 0 radical (unpaired) electrons. The summed E-state index contributed by atoms with van der Waals surface area (Å²) >= 11 is 3.25. The van der Waals surface area contributed by atoms with Crippen molar-refractivity contribution in [1.29, 1.82) is 0 Å². The number of rotatable bonds is 5. The van der Waals surface area contributed by atoms with E-state index < -0.39 is 8.07 Å². The first-order valence-corrected chi connectivity index (χ1v) is 8.33. The van der Waals surface area contributed by atoms with Gasteiger partial charge in [0, 0.05) is 19.2 Å². The van der Waals surface area contributed by atoms with Crippen LogP contribution in [0.1, 0.15) is 0 Å². The Morgan fingerprint density at radius 1 is 1.45 bits per heavy atom. The molecule has 11 heavy (non-hydrogen) atoms. The van der Waals surface area contributed by atoms with Gasteiger partial charge in [-0.3, -0.25) is 0 Å². The third kappa shape index (κ3) is 10.4. The molecule has 0 saturated heterocycles. The van der Waals surface area contributed by atoms with Gasteiger partial charge in [0.2, 0.25) is 0 Å². The molecule has 0 aliphatic carbocycles. The summed E-state index contributed by atoms with van der Waals surface area (Å²) in [5.41, 5.74) is 0. The molecule has 0 bridgehead atoms. The highest BCUT2D eigenvalue weighted by molar-refractivity contribution is 9.11. The highest BCUT2D eigenvalue weighted by Gasteiger charge is 2.11. The second-order valence-corrected chi connectivity index (χ2v) is 10.6. The minimum absolute atomic E-state index is 0.643. The van der Waals surface area contributed by atoms with E-state index in [4.69, 9.17) is 4.74 Å². The summed E-state index contributed by atoms with van der Waals surface area (Å²) in [6.07, 6.45) is 0. The fourth-order valence-corrected chi connectivity index (χ4v) is 1.48. The van der Waals surface area contributed by atoms with Crippen LogP contribution in [-0.2, 0) is 4.74 Å². The molecular formula is C8H17BrOSi. The van der Waals surface area contributed by atoms with Crippen LogP contribution in [0.5, 0.6) is 0 Å². The predicted molar refractivity (Wildman–Crippen MR) is 57.0 cm³/mol. The summed E-state index contributed by atoms with van der Waals surface area (Å²) in [6, 6.07) is 1.23. The Hall–Kier alpha value is 0.397. The molecule has 0 spiro atoms. The van der Waals surface area contributed by atoms with Crippen molar-refractivity contribution >= 4 is 24.0 Å². The Labute approximate surface area is 79.0 Å². The lowest BCUT2D eigenvalue weighted by molar-refractivity contribution is 0.175. The van der Waals surface area contributed by atoms with Gasteiger partial charge in [-0.15, -0.1) is 0 Å². The van der Waals surface area contributed by atoms with Crippen LogP contribution in [0.2, 0.25) is 25.7 Å². The van der Waals surface area contributed by atoms with Gasteiger partial charge in [-0.1, -0.05) is 42.1 Å². The van der Waals surface area contributed by atoms with Crippen LogP contribution in [-0.4, -0.2) is 21.3 Å². The van der Waals surface area contributed by atoms with Crippen molar-refractivity contribution in [3.05, 3.63) is 11.1 Å². The predicted octanol–water partition coefficient (Wildman–Crippen LogP) is 3.25. The molecule has 0 amide bonds. The summed E-state index contributed by atoms with van der Waals surface area (Å²) in [6.45, 7) is 12.3. The maximum atomic E-state index is 5.36. The zero-order valence-electron chi connectivity index (χ0n) is 7.61. The molecule has 66 valence electrons. The lowest BCUT2D eigenvalue weighted by atomic mass is 10.7. The summed E-state index contributed by atoms with van der Waals surface area (Å²) in [4.78, 5) is 0. The molecule has 0 heterocycles. The number of ether oxygens (including phenoxy) is 1.